The molecule has 0 spiro atoms. The predicted molar refractivity (Wildman–Crippen MR) is 87.9 cm³/mol. The molecule has 2 rings (SSSR count). The molecule has 2 saturated heterocycles. The Kier molecular flexibility index (Phi) is 6.48. The second kappa shape index (κ2) is 7.79. The van der Waals surface area contributed by atoms with Crippen LogP contribution in [0.4, 0.5) is 0 Å². The van der Waals surface area contributed by atoms with Gasteiger partial charge in [-0.1, -0.05) is 34.6 Å². The molecule has 0 saturated carbocycles. The molecule has 0 aromatic carbocycles. The summed E-state index contributed by atoms with van der Waals surface area (Å²) in [5.74, 6) is 0.863. The molecule has 2 aliphatic heterocycles. The van der Waals surface area contributed by atoms with Gasteiger partial charge in [0, 0.05) is 5.92 Å². The van der Waals surface area contributed by atoms with Crippen molar-refractivity contribution in [3.05, 3.63) is 0 Å². The van der Waals surface area contributed by atoms with Crippen molar-refractivity contribution in [2.45, 2.75) is 84.8 Å². The van der Waals surface area contributed by atoms with Gasteiger partial charge in [0.05, 0.1) is 31.0 Å². The van der Waals surface area contributed by atoms with Crippen molar-refractivity contribution in [3.63, 3.8) is 0 Å². The van der Waals surface area contributed by atoms with E-state index in [-0.39, 0.29) is 36.8 Å². The maximum Gasteiger partial charge on any atom is 0.161 e. The minimum absolute atomic E-state index is 0.0159. The lowest BCUT2D eigenvalue weighted by atomic mass is 9.80. The van der Waals surface area contributed by atoms with Crippen LogP contribution in [0.25, 0.3) is 0 Å². The molecule has 2 heterocycles. The summed E-state index contributed by atoms with van der Waals surface area (Å²) in [7, 11) is 0. The first kappa shape index (κ1) is 19.1. The van der Waals surface area contributed by atoms with E-state index in [1.165, 1.54) is 0 Å². The Morgan fingerprint density at radius 1 is 0.870 bits per heavy atom. The minimum Gasteiger partial charge on any atom is -0.394 e. The quantitative estimate of drug-likeness (QED) is 0.827. The summed E-state index contributed by atoms with van der Waals surface area (Å²) in [5.41, 5.74) is 0. The zero-order valence-electron chi connectivity index (χ0n) is 15.3. The van der Waals surface area contributed by atoms with E-state index in [4.69, 9.17) is 14.2 Å². The van der Waals surface area contributed by atoms with Gasteiger partial charge in [0.15, 0.2) is 6.29 Å². The average Bonchev–Trinajstić information content (AvgIpc) is 2.55. The lowest BCUT2D eigenvalue weighted by Crippen LogP contribution is -2.56. The van der Waals surface area contributed by atoms with Crippen LogP contribution in [0.1, 0.15) is 48.0 Å². The van der Waals surface area contributed by atoms with Crippen LogP contribution in [-0.2, 0) is 14.2 Å². The summed E-state index contributed by atoms with van der Waals surface area (Å²) in [5, 5.41) is 19.6. The number of aliphatic hydroxyl groups excluding tert-OH is 2. The van der Waals surface area contributed by atoms with Crippen molar-refractivity contribution >= 4 is 0 Å². The fraction of sp³-hybridized carbons (Fsp3) is 1.00. The third-order valence-corrected chi connectivity index (χ3v) is 6.20. The maximum atomic E-state index is 10.2. The Labute approximate surface area is 140 Å². The van der Waals surface area contributed by atoms with E-state index in [2.05, 4.69) is 27.7 Å². The van der Waals surface area contributed by atoms with Crippen molar-refractivity contribution in [1.29, 1.82) is 0 Å². The summed E-state index contributed by atoms with van der Waals surface area (Å²) >= 11 is 0. The molecule has 2 aliphatic rings. The highest BCUT2D eigenvalue weighted by molar-refractivity contribution is 4.90. The van der Waals surface area contributed by atoms with Crippen LogP contribution in [0.2, 0.25) is 0 Å². The van der Waals surface area contributed by atoms with Crippen molar-refractivity contribution in [2.24, 2.45) is 23.7 Å². The fourth-order valence-electron chi connectivity index (χ4n) is 3.82. The molecule has 0 aliphatic carbocycles. The first-order valence-electron chi connectivity index (χ1n) is 9.07. The zero-order chi connectivity index (χ0) is 17.3. The van der Waals surface area contributed by atoms with Crippen molar-refractivity contribution in [3.8, 4) is 0 Å². The van der Waals surface area contributed by atoms with Crippen molar-refractivity contribution in [1.82, 2.24) is 0 Å². The molecule has 10 atom stereocenters. The average molecular weight is 330 g/mol. The first-order chi connectivity index (χ1) is 10.8. The van der Waals surface area contributed by atoms with Gasteiger partial charge >= 0.3 is 0 Å². The molecule has 0 amide bonds. The second-order valence-corrected chi connectivity index (χ2v) is 7.54. The van der Waals surface area contributed by atoms with E-state index in [0.717, 1.165) is 6.42 Å². The summed E-state index contributed by atoms with van der Waals surface area (Å²) in [6, 6.07) is 0. The van der Waals surface area contributed by atoms with Crippen LogP contribution in [0.15, 0.2) is 0 Å². The van der Waals surface area contributed by atoms with E-state index in [1.54, 1.807) is 0 Å². The van der Waals surface area contributed by atoms with Crippen LogP contribution in [0, 0.1) is 23.7 Å². The highest BCUT2D eigenvalue weighted by Crippen LogP contribution is 2.38. The number of hydrogen-bond donors (Lipinski definition) is 2. The van der Waals surface area contributed by atoms with Gasteiger partial charge in [0.25, 0.3) is 0 Å². The number of aliphatic hydroxyl groups is 2. The van der Waals surface area contributed by atoms with Gasteiger partial charge in [0.2, 0.25) is 0 Å². The molecule has 23 heavy (non-hydrogen) atoms. The lowest BCUT2D eigenvalue weighted by Gasteiger charge is -2.48. The number of hydrogen-bond acceptors (Lipinski definition) is 5. The van der Waals surface area contributed by atoms with Crippen molar-refractivity contribution in [2.75, 3.05) is 6.61 Å². The van der Waals surface area contributed by atoms with Gasteiger partial charge in [-0.2, -0.15) is 0 Å². The molecule has 5 heteroatoms. The molecule has 5 nitrogen and oxygen atoms in total. The van der Waals surface area contributed by atoms with E-state index in [0.29, 0.717) is 11.8 Å². The fourth-order valence-corrected chi connectivity index (χ4v) is 3.82. The summed E-state index contributed by atoms with van der Waals surface area (Å²) in [6.07, 6.45) is -0.503. The maximum absolute atomic E-state index is 10.2. The second-order valence-electron chi connectivity index (χ2n) is 7.54. The van der Waals surface area contributed by atoms with Crippen LogP contribution < -0.4 is 0 Å². The lowest BCUT2D eigenvalue weighted by molar-refractivity contribution is -0.310. The third-order valence-electron chi connectivity index (χ3n) is 6.20. The van der Waals surface area contributed by atoms with Crippen LogP contribution in [-0.4, -0.2) is 53.6 Å². The molecular formula is C18H34O5. The molecular weight excluding hydrogens is 296 g/mol. The summed E-state index contributed by atoms with van der Waals surface area (Å²) < 4.78 is 18.3. The zero-order valence-corrected chi connectivity index (χ0v) is 15.3. The highest BCUT2D eigenvalue weighted by atomic mass is 16.7. The molecule has 0 aromatic heterocycles. The van der Waals surface area contributed by atoms with Crippen LogP contribution in [0.5, 0.6) is 0 Å². The largest absolute Gasteiger partial charge is 0.394 e. The Balaban J connectivity index is 2.11. The van der Waals surface area contributed by atoms with Crippen molar-refractivity contribution < 1.29 is 24.4 Å². The van der Waals surface area contributed by atoms with E-state index in [9.17, 15) is 10.2 Å². The number of ether oxygens (including phenoxy) is 3. The normalized spacial score (nSPS) is 51.7. The molecule has 136 valence electrons. The molecule has 0 radical (unpaired) electrons. The SMILES string of the molecule is CCC1O[C@@H](C)C(C)[C@@H](C)[C@H]1O[C@@H]1OC(CO)[C@H](O)[C@H](C)C1C. The van der Waals surface area contributed by atoms with E-state index < -0.39 is 18.5 Å². The predicted octanol–water partition coefficient (Wildman–Crippen LogP) is 2.19. The molecule has 4 unspecified atom stereocenters. The topological polar surface area (TPSA) is 68.2 Å². The molecule has 2 fully saturated rings. The highest BCUT2D eigenvalue weighted by Gasteiger charge is 2.45. The molecule has 0 aromatic rings. The molecule has 0 bridgehead atoms. The van der Waals surface area contributed by atoms with Gasteiger partial charge in [-0.25, -0.2) is 0 Å². The van der Waals surface area contributed by atoms with E-state index >= 15 is 0 Å². The summed E-state index contributed by atoms with van der Waals surface area (Å²) in [4.78, 5) is 0. The van der Waals surface area contributed by atoms with Gasteiger partial charge in [-0.05, 0) is 31.1 Å². The smallest absolute Gasteiger partial charge is 0.161 e. The number of rotatable bonds is 4. The van der Waals surface area contributed by atoms with Crippen LogP contribution in [0.3, 0.4) is 0 Å². The van der Waals surface area contributed by atoms with Crippen LogP contribution >= 0.6 is 0 Å². The van der Waals surface area contributed by atoms with Gasteiger partial charge in [-0.3, -0.25) is 0 Å². The Morgan fingerprint density at radius 2 is 1.52 bits per heavy atom. The summed E-state index contributed by atoms with van der Waals surface area (Å²) in [6.45, 7) is 12.5. The monoisotopic (exact) mass is 330 g/mol. The Bertz CT molecular complexity index is 372. The van der Waals surface area contributed by atoms with Gasteiger partial charge in [0.1, 0.15) is 6.10 Å². The van der Waals surface area contributed by atoms with E-state index in [1.807, 2.05) is 13.8 Å². The standard InChI is InChI=1S/C18H34O5/c1-7-14-17(11(4)9(2)13(6)21-14)23-18-12(5)10(3)16(20)15(8-19)22-18/h9-20H,7-8H2,1-6H3/t9?,10-,11-,12?,13+,14?,15?,16-,17-,18+/m1/s1. The molecule has 2 N–H and O–H groups in total. The van der Waals surface area contributed by atoms with Gasteiger partial charge < -0.3 is 24.4 Å². The third kappa shape index (κ3) is 3.74. The first-order valence-corrected chi connectivity index (χ1v) is 9.07. The Hall–Kier alpha value is -0.200. The minimum atomic E-state index is -0.657. The Morgan fingerprint density at radius 3 is 2.09 bits per heavy atom. The van der Waals surface area contributed by atoms with Gasteiger partial charge in [-0.15, -0.1) is 0 Å².